The van der Waals surface area contributed by atoms with Crippen LogP contribution in [0.5, 0.6) is 0 Å². The van der Waals surface area contributed by atoms with E-state index in [-0.39, 0.29) is 6.61 Å². The minimum atomic E-state index is -1.81. The molecule has 3 aliphatic heterocycles. The summed E-state index contributed by atoms with van der Waals surface area (Å²) >= 11 is 0. The molecule has 0 aromatic rings. The zero-order chi connectivity index (χ0) is 31.9. The van der Waals surface area contributed by atoms with Gasteiger partial charge in [0.1, 0.15) is 54.4 Å². The Bertz CT molecular complexity index is 853. The average Bonchev–Trinajstić information content (AvgIpc) is 2.92. The molecular formula is C26H50O15. The first-order valence-corrected chi connectivity index (χ1v) is 13.6. The van der Waals surface area contributed by atoms with Gasteiger partial charge in [-0.05, 0) is 41.5 Å². The SMILES string of the molecule is CC1(C)OC(C)(CO)C(O)C(O)C1O.CC1(C)OC(CO)C(C)(COC2(C)OC(CO)C(O)C(O)C2O)C(O)C1O. The van der Waals surface area contributed by atoms with Crippen LogP contribution in [0, 0.1) is 5.41 Å². The van der Waals surface area contributed by atoms with E-state index in [1.807, 2.05) is 0 Å². The zero-order valence-electron chi connectivity index (χ0n) is 24.7. The molecule has 0 radical (unpaired) electrons. The molecule has 3 heterocycles. The number of aliphatic hydroxyl groups is 11. The van der Waals surface area contributed by atoms with Gasteiger partial charge in [-0.1, -0.05) is 6.92 Å². The summed E-state index contributed by atoms with van der Waals surface area (Å²) in [5.41, 5.74) is -4.59. The number of ether oxygens (including phenoxy) is 4. The predicted molar refractivity (Wildman–Crippen MR) is 139 cm³/mol. The zero-order valence-corrected chi connectivity index (χ0v) is 24.7. The van der Waals surface area contributed by atoms with Crippen molar-refractivity contribution < 1.29 is 75.1 Å². The number of hydrogen-bond acceptors (Lipinski definition) is 15. The third-order valence-electron chi connectivity index (χ3n) is 8.66. The first kappa shape index (κ1) is 36.6. The highest BCUT2D eigenvalue weighted by Crippen LogP contribution is 2.43. The Morgan fingerprint density at radius 1 is 0.585 bits per heavy atom. The van der Waals surface area contributed by atoms with Gasteiger partial charge in [0.15, 0.2) is 5.79 Å². The van der Waals surface area contributed by atoms with Crippen LogP contribution in [0.1, 0.15) is 48.5 Å². The monoisotopic (exact) mass is 602 g/mol. The van der Waals surface area contributed by atoms with E-state index in [0.29, 0.717) is 0 Å². The van der Waals surface area contributed by atoms with Crippen LogP contribution in [0.2, 0.25) is 0 Å². The van der Waals surface area contributed by atoms with Crippen molar-refractivity contribution in [2.45, 2.75) is 132 Å². The van der Waals surface area contributed by atoms with E-state index in [9.17, 15) is 51.1 Å². The van der Waals surface area contributed by atoms with E-state index >= 15 is 0 Å². The number of rotatable bonds is 6. The highest BCUT2D eigenvalue weighted by Gasteiger charge is 2.58. The smallest absolute Gasteiger partial charge is 0.194 e. The van der Waals surface area contributed by atoms with Crippen LogP contribution < -0.4 is 0 Å². The van der Waals surface area contributed by atoms with Gasteiger partial charge in [-0.2, -0.15) is 0 Å². The van der Waals surface area contributed by atoms with Crippen LogP contribution in [0.25, 0.3) is 0 Å². The van der Waals surface area contributed by atoms with E-state index in [4.69, 9.17) is 24.1 Å². The summed E-state index contributed by atoms with van der Waals surface area (Å²) in [7, 11) is 0. The van der Waals surface area contributed by atoms with Crippen molar-refractivity contribution in [3.05, 3.63) is 0 Å². The molecule has 3 rings (SSSR count). The molecule has 3 aliphatic rings. The van der Waals surface area contributed by atoms with Crippen LogP contribution in [-0.4, -0.2) is 166 Å². The lowest BCUT2D eigenvalue weighted by atomic mass is 9.71. The van der Waals surface area contributed by atoms with Gasteiger partial charge in [0.2, 0.25) is 0 Å². The number of hydrogen-bond donors (Lipinski definition) is 11. The molecule has 41 heavy (non-hydrogen) atoms. The largest absolute Gasteiger partial charge is 0.394 e. The Morgan fingerprint density at radius 2 is 1.15 bits per heavy atom. The molecule has 0 bridgehead atoms. The molecule has 15 nitrogen and oxygen atoms in total. The Hall–Kier alpha value is -0.600. The summed E-state index contributed by atoms with van der Waals surface area (Å²) in [6, 6.07) is 0. The van der Waals surface area contributed by atoms with E-state index < -0.39 is 109 Å². The van der Waals surface area contributed by atoms with Gasteiger partial charge in [-0.3, -0.25) is 0 Å². The Balaban J connectivity index is 0.000000353. The van der Waals surface area contributed by atoms with Crippen molar-refractivity contribution in [2.24, 2.45) is 5.41 Å². The minimum absolute atomic E-state index is 0.318. The van der Waals surface area contributed by atoms with Crippen molar-refractivity contribution >= 4 is 0 Å². The van der Waals surface area contributed by atoms with Crippen LogP contribution in [-0.2, 0) is 18.9 Å². The number of aliphatic hydroxyl groups excluding tert-OH is 11. The Morgan fingerprint density at radius 3 is 1.63 bits per heavy atom. The topological polar surface area (TPSA) is 259 Å². The second-order valence-corrected chi connectivity index (χ2v) is 12.9. The second kappa shape index (κ2) is 12.8. The van der Waals surface area contributed by atoms with Gasteiger partial charge in [0.05, 0.1) is 49.8 Å². The van der Waals surface area contributed by atoms with Crippen molar-refractivity contribution in [3.63, 3.8) is 0 Å². The molecule has 0 saturated carbocycles. The summed E-state index contributed by atoms with van der Waals surface area (Å²) < 4.78 is 22.2. The molecule has 11 N–H and O–H groups in total. The molecule has 0 amide bonds. The molecule has 13 atom stereocenters. The summed E-state index contributed by atoms with van der Waals surface area (Å²) in [6.45, 7) is 8.94. The summed E-state index contributed by atoms with van der Waals surface area (Å²) in [5.74, 6) is -1.81. The van der Waals surface area contributed by atoms with E-state index in [1.54, 1.807) is 34.6 Å². The van der Waals surface area contributed by atoms with Crippen LogP contribution in [0.4, 0.5) is 0 Å². The maximum Gasteiger partial charge on any atom is 0.194 e. The Labute approximate surface area is 239 Å². The molecule has 0 aromatic heterocycles. The first-order chi connectivity index (χ1) is 18.6. The molecule has 244 valence electrons. The van der Waals surface area contributed by atoms with Gasteiger partial charge >= 0.3 is 0 Å². The molecule has 15 heteroatoms. The summed E-state index contributed by atoms with van der Waals surface area (Å²) in [5, 5.41) is 108. The van der Waals surface area contributed by atoms with Gasteiger partial charge in [-0.25, -0.2) is 0 Å². The fourth-order valence-electron chi connectivity index (χ4n) is 5.44. The maximum absolute atomic E-state index is 10.7. The fraction of sp³-hybridized carbons (Fsp3) is 1.00. The summed E-state index contributed by atoms with van der Waals surface area (Å²) in [4.78, 5) is 0. The van der Waals surface area contributed by atoms with Gasteiger partial charge in [0.25, 0.3) is 0 Å². The molecule has 0 aliphatic carbocycles. The van der Waals surface area contributed by atoms with E-state index in [2.05, 4.69) is 0 Å². The standard InChI is InChI=1S/C17H32O10.C9H18O5/c1-15(2)13(23)14(24)16(3,9(6-19)27-15)7-25-17(4)12(22)11(21)10(20)8(5-18)26-17;1-8(2)6(12)5(11)7(13)9(3,4-10)14-8/h8-14,18-24H,5-7H2,1-4H3;5-7,10-13H,4H2,1-3H3. The van der Waals surface area contributed by atoms with Gasteiger partial charge < -0.3 is 75.1 Å². The minimum Gasteiger partial charge on any atom is -0.394 e. The molecule has 0 spiro atoms. The van der Waals surface area contributed by atoms with Crippen molar-refractivity contribution in [1.29, 1.82) is 0 Å². The van der Waals surface area contributed by atoms with E-state index in [0.717, 1.165) is 0 Å². The van der Waals surface area contributed by atoms with Crippen molar-refractivity contribution in [2.75, 3.05) is 26.4 Å². The van der Waals surface area contributed by atoms with Gasteiger partial charge in [-0.15, -0.1) is 0 Å². The first-order valence-electron chi connectivity index (χ1n) is 13.6. The highest BCUT2D eigenvalue weighted by atomic mass is 16.7. The lowest BCUT2D eigenvalue weighted by Crippen LogP contribution is -2.68. The normalized spacial score (nSPS) is 49.6. The lowest BCUT2D eigenvalue weighted by Gasteiger charge is -2.54. The second-order valence-electron chi connectivity index (χ2n) is 12.9. The van der Waals surface area contributed by atoms with Crippen molar-refractivity contribution in [1.82, 2.24) is 0 Å². The van der Waals surface area contributed by atoms with Crippen LogP contribution >= 0.6 is 0 Å². The van der Waals surface area contributed by atoms with E-state index in [1.165, 1.54) is 13.8 Å². The summed E-state index contributed by atoms with van der Waals surface area (Å²) in [6.07, 6.45) is -13.2. The Kier molecular flexibility index (Phi) is 11.4. The molecule has 0 aromatic carbocycles. The van der Waals surface area contributed by atoms with Crippen LogP contribution in [0.3, 0.4) is 0 Å². The van der Waals surface area contributed by atoms with Crippen molar-refractivity contribution in [3.8, 4) is 0 Å². The molecule has 13 unspecified atom stereocenters. The molecular weight excluding hydrogens is 552 g/mol. The molecule has 3 saturated heterocycles. The predicted octanol–water partition coefficient (Wildman–Crippen LogP) is -4.28. The lowest BCUT2D eigenvalue weighted by molar-refractivity contribution is -0.372. The third kappa shape index (κ3) is 6.90. The van der Waals surface area contributed by atoms with Gasteiger partial charge in [0, 0.05) is 5.41 Å². The highest BCUT2D eigenvalue weighted by molar-refractivity contribution is 5.05. The third-order valence-corrected chi connectivity index (χ3v) is 8.66. The van der Waals surface area contributed by atoms with Crippen LogP contribution in [0.15, 0.2) is 0 Å². The average molecular weight is 603 g/mol. The maximum atomic E-state index is 10.7. The quantitative estimate of drug-likeness (QED) is 0.137. The fourth-order valence-corrected chi connectivity index (χ4v) is 5.44. The molecule has 3 fully saturated rings.